The van der Waals surface area contributed by atoms with E-state index in [1.54, 1.807) is 0 Å². The molecule has 0 unspecified atom stereocenters. The number of aliphatic hydroxyl groups is 1. The lowest BCUT2D eigenvalue weighted by molar-refractivity contribution is -0.385. The lowest BCUT2D eigenvalue weighted by Gasteiger charge is -2.12. The van der Waals surface area contributed by atoms with Crippen LogP contribution in [0, 0.1) is 15.9 Å². The van der Waals surface area contributed by atoms with Gasteiger partial charge >= 0.3 is 0 Å². The quantitative estimate of drug-likeness (QED) is 0.616. The number of benzene rings is 1. The molecular weight excluding hydrogens is 243 g/mol. The standard InChI is InChI=1S/C11H13FN2O4/c12-7-1-9(14(16)17)4-10(2-7)18-11-3-8(6-15)13-5-11/h1-2,4,8,11,13,15H,3,5-6H2/t8-,11+/m1/s1. The number of rotatable bonds is 4. The number of non-ortho nitro benzene ring substituents is 1. The molecule has 1 aromatic rings. The number of hydrogen-bond donors (Lipinski definition) is 2. The molecule has 0 spiro atoms. The van der Waals surface area contributed by atoms with Crippen molar-refractivity contribution in [2.75, 3.05) is 13.2 Å². The Balaban J connectivity index is 2.07. The molecule has 2 atom stereocenters. The van der Waals surface area contributed by atoms with Crippen LogP contribution in [0.1, 0.15) is 6.42 Å². The van der Waals surface area contributed by atoms with Crippen LogP contribution in [-0.4, -0.2) is 35.3 Å². The van der Waals surface area contributed by atoms with Crippen LogP contribution in [0.5, 0.6) is 5.75 Å². The number of hydrogen-bond acceptors (Lipinski definition) is 5. The third kappa shape index (κ3) is 2.93. The van der Waals surface area contributed by atoms with Gasteiger partial charge < -0.3 is 15.2 Å². The smallest absolute Gasteiger partial charge is 0.276 e. The van der Waals surface area contributed by atoms with E-state index in [4.69, 9.17) is 9.84 Å². The van der Waals surface area contributed by atoms with E-state index in [0.29, 0.717) is 13.0 Å². The van der Waals surface area contributed by atoms with Crippen LogP contribution in [0.2, 0.25) is 0 Å². The van der Waals surface area contributed by atoms with E-state index < -0.39 is 10.7 Å². The van der Waals surface area contributed by atoms with Gasteiger partial charge in [-0.25, -0.2) is 4.39 Å². The summed E-state index contributed by atoms with van der Waals surface area (Å²) in [6, 6.07) is 3.10. The molecule has 98 valence electrons. The van der Waals surface area contributed by atoms with Gasteiger partial charge in [0.2, 0.25) is 0 Å². The highest BCUT2D eigenvalue weighted by Gasteiger charge is 2.25. The third-order valence-corrected chi connectivity index (χ3v) is 2.77. The Morgan fingerprint density at radius 3 is 2.94 bits per heavy atom. The summed E-state index contributed by atoms with van der Waals surface area (Å²) in [5, 5.41) is 22.5. The van der Waals surface area contributed by atoms with E-state index in [2.05, 4.69) is 5.32 Å². The normalized spacial score (nSPS) is 23.0. The van der Waals surface area contributed by atoms with Crippen molar-refractivity contribution in [2.45, 2.75) is 18.6 Å². The summed E-state index contributed by atoms with van der Waals surface area (Å²) < 4.78 is 18.6. The Hall–Kier alpha value is -1.73. The van der Waals surface area contributed by atoms with E-state index in [1.165, 1.54) is 6.07 Å². The second kappa shape index (κ2) is 5.28. The predicted octanol–water partition coefficient (Wildman–Crippen LogP) is 0.835. The van der Waals surface area contributed by atoms with Gasteiger partial charge in [-0.05, 0) is 0 Å². The van der Waals surface area contributed by atoms with Crippen LogP contribution in [0.4, 0.5) is 10.1 Å². The second-order valence-corrected chi connectivity index (χ2v) is 4.17. The zero-order valence-corrected chi connectivity index (χ0v) is 9.51. The van der Waals surface area contributed by atoms with Gasteiger partial charge in [0.05, 0.1) is 23.7 Å². The van der Waals surface area contributed by atoms with E-state index >= 15 is 0 Å². The highest BCUT2D eigenvalue weighted by Crippen LogP contribution is 2.24. The Kier molecular flexibility index (Phi) is 3.73. The summed E-state index contributed by atoms with van der Waals surface area (Å²) >= 11 is 0. The Morgan fingerprint density at radius 1 is 1.56 bits per heavy atom. The average molecular weight is 256 g/mol. The van der Waals surface area contributed by atoms with E-state index in [1.807, 2.05) is 0 Å². The SMILES string of the molecule is O=[N+]([O-])c1cc(F)cc(O[C@@H]2CN[C@@H](CO)C2)c1. The Morgan fingerprint density at radius 2 is 2.33 bits per heavy atom. The lowest BCUT2D eigenvalue weighted by atomic mass is 10.2. The molecule has 0 aliphatic carbocycles. The maximum Gasteiger partial charge on any atom is 0.276 e. The van der Waals surface area contributed by atoms with E-state index in [0.717, 1.165) is 12.1 Å². The average Bonchev–Trinajstić information content (AvgIpc) is 2.76. The van der Waals surface area contributed by atoms with Crippen molar-refractivity contribution >= 4 is 5.69 Å². The number of ether oxygens (including phenoxy) is 1. The molecule has 7 heteroatoms. The van der Waals surface area contributed by atoms with Crippen molar-refractivity contribution in [1.29, 1.82) is 0 Å². The van der Waals surface area contributed by atoms with Crippen molar-refractivity contribution in [3.05, 3.63) is 34.1 Å². The summed E-state index contributed by atoms with van der Waals surface area (Å²) in [5.41, 5.74) is -0.338. The zero-order chi connectivity index (χ0) is 13.1. The maximum atomic E-state index is 13.2. The fourth-order valence-corrected chi connectivity index (χ4v) is 1.92. The molecule has 18 heavy (non-hydrogen) atoms. The number of nitro groups is 1. The number of nitrogens with one attached hydrogen (secondary N) is 1. The molecule has 1 aliphatic heterocycles. The minimum absolute atomic E-state index is 0.00313. The van der Waals surface area contributed by atoms with Crippen molar-refractivity contribution in [1.82, 2.24) is 5.32 Å². The van der Waals surface area contributed by atoms with Gasteiger partial charge in [-0.15, -0.1) is 0 Å². The van der Waals surface area contributed by atoms with Crippen LogP contribution in [-0.2, 0) is 0 Å². The molecule has 0 amide bonds. The van der Waals surface area contributed by atoms with Crippen LogP contribution in [0.3, 0.4) is 0 Å². The highest BCUT2D eigenvalue weighted by molar-refractivity contribution is 5.39. The van der Waals surface area contributed by atoms with Crippen molar-refractivity contribution in [3.63, 3.8) is 0 Å². The molecule has 6 nitrogen and oxygen atoms in total. The summed E-state index contributed by atoms with van der Waals surface area (Å²) in [4.78, 5) is 9.91. The topological polar surface area (TPSA) is 84.6 Å². The summed E-state index contributed by atoms with van der Waals surface area (Å²) in [7, 11) is 0. The lowest BCUT2D eigenvalue weighted by Crippen LogP contribution is -2.25. The van der Waals surface area contributed by atoms with E-state index in [-0.39, 0.29) is 30.2 Å². The first-order valence-electron chi connectivity index (χ1n) is 5.54. The number of aliphatic hydroxyl groups excluding tert-OH is 1. The summed E-state index contributed by atoms with van der Waals surface area (Å²) in [6.07, 6.45) is 0.365. The van der Waals surface area contributed by atoms with Gasteiger partial charge in [0, 0.05) is 25.1 Å². The summed E-state index contributed by atoms with van der Waals surface area (Å²) in [6.45, 7) is 0.526. The third-order valence-electron chi connectivity index (χ3n) is 2.77. The van der Waals surface area contributed by atoms with Crippen molar-refractivity contribution < 1.29 is 19.2 Å². The van der Waals surface area contributed by atoms with E-state index in [9.17, 15) is 14.5 Å². The predicted molar refractivity (Wildman–Crippen MR) is 61.0 cm³/mol. The Labute approximate surface area is 103 Å². The first-order chi connectivity index (χ1) is 8.58. The monoisotopic (exact) mass is 256 g/mol. The Bertz CT molecular complexity index is 455. The molecule has 0 radical (unpaired) electrons. The van der Waals surface area contributed by atoms with Gasteiger partial charge in [0.25, 0.3) is 5.69 Å². The molecule has 1 fully saturated rings. The second-order valence-electron chi connectivity index (χ2n) is 4.17. The molecule has 2 rings (SSSR count). The molecule has 1 heterocycles. The van der Waals surface area contributed by atoms with Gasteiger partial charge in [-0.2, -0.15) is 0 Å². The molecule has 0 aromatic heterocycles. The number of halogens is 1. The fraction of sp³-hybridized carbons (Fsp3) is 0.455. The zero-order valence-electron chi connectivity index (χ0n) is 9.51. The molecular formula is C11H13FN2O4. The molecule has 0 saturated carbocycles. The minimum atomic E-state index is -0.705. The first-order valence-corrected chi connectivity index (χ1v) is 5.54. The number of nitro benzene ring substituents is 1. The maximum absolute atomic E-state index is 13.2. The molecule has 1 saturated heterocycles. The molecule has 2 N–H and O–H groups in total. The molecule has 0 bridgehead atoms. The van der Waals surface area contributed by atoms with Crippen LogP contribution in [0.25, 0.3) is 0 Å². The minimum Gasteiger partial charge on any atom is -0.489 e. The number of nitrogens with zero attached hydrogens (tertiary/aromatic N) is 1. The highest BCUT2D eigenvalue weighted by atomic mass is 19.1. The first kappa shape index (κ1) is 12.7. The van der Waals surface area contributed by atoms with Gasteiger partial charge in [0.15, 0.2) is 0 Å². The summed E-state index contributed by atoms with van der Waals surface area (Å²) in [5.74, 6) is -0.573. The fourth-order valence-electron chi connectivity index (χ4n) is 1.92. The van der Waals surface area contributed by atoms with Gasteiger partial charge in [-0.1, -0.05) is 0 Å². The van der Waals surface area contributed by atoms with Crippen molar-refractivity contribution in [3.8, 4) is 5.75 Å². The van der Waals surface area contributed by atoms with Crippen molar-refractivity contribution in [2.24, 2.45) is 0 Å². The van der Waals surface area contributed by atoms with Crippen LogP contribution in [0.15, 0.2) is 18.2 Å². The van der Waals surface area contributed by atoms with Gasteiger partial charge in [0.1, 0.15) is 17.7 Å². The van der Waals surface area contributed by atoms with Crippen LogP contribution >= 0.6 is 0 Å². The molecule has 1 aromatic carbocycles. The van der Waals surface area contributed by atoms with Crippen LogP contribution < -0.4 is 10.1 Å². The van der Waals surface area contributed by atoms with Gasteiger partial charge in [-0.3, -0.25) is 10.1 Å². The largest absolute Gasteiger partial charge is 0.489 e. The molecule has 1 aliphatic rings.